The summed E-state index contributed by atoms with van der Waals surface area (Å²) in [5.74, 6) is 1.81. The zero-order valence-electron chi connectivity index (χ0n) is 14.0. The molecule has 6 heteroatoms. The highest BCUT2D eigenvalue weighted by Gasteiger charge is 2.05. The molecule has 0 bridgehead atoms. The Hall–Kier alpha value is -2.50. The summed E-state index contributed by atoms with van der Waals surface area (Å²) in [7, 11) is 1.64. The van der Waals surface area contributed by atoms with Crippen LogP contribution in [0.2, 0.25) is 0 Å². The van der Waals surface area contributed by atoms with Gasteiger partial charge in [0, 0.05) is 0 Å². The molecule has 2 N–H and O–H groups in total. The van der Waals surface area contributed by atoms with Crippen LogP contribution in [0.5, 0.6) is 11.5 Å². The zero-order valence-corrected chi connectivity index (χ0v) is 14.0. The van der Waals surface area contributed by atoms with E-state index in [1.807, 2.05) is 25.1 Å². The fourth-order valence-corrected chi connectivity index (χ4v) is 2.15. The van der Waals surface area contributed by atoms with Gasteiger partial charge in [-0.1, -0.05) is 19.8 Å². The molecule has 0 spiro atoms. The van der Waals surface area contributed by atoms with E-state index in [9.17, 15) is 0 Å². The molecule has 2 aromatic rings. The Morgan fingerprint density at radius 3 is 2.78 bits per heavy atom. The van der Waals surface area contributed by atoms with Crippen molar-refractivity contribution in [3.63, 3.8) is 0 Å². The van der Waals surface area contributed by atoms with E-state index in [1.165, 1.54) is 6.42 Å². The number of unbranched alkanes of at least 4 members (excludes halogenated alkanes) is 2. The van der Waals surface area contributed by atoms with Gasteiger partial charge in [-0.05, 0) is 37.1 Å². The monoisotopic (exact) mass is 316 g/mol. The molecule has 0 radical (unpaired) electrons. The molecular weight excluding hydrogens is 292 g/mol. The van der Waals surface area contributed by atoms with Gasteiger partial charge >= 0.3 is 0 Å². The van der Waals surface area contributed by atoms with Crippen molar-refractivity contribution < 1.29 is 9.47 Å². The van der Waals surface area contributed by atoms with E-state index >= 15 is 0 Å². The first-order chi connectivity index (χ1) is 11.1. The maximum Gasteiger partial charge on any atom is 0.221 e. The van der Waals surface area contributed by atoms with Crippen LogP contribution in [0.15, 0.2) is 29.5 Å². The first-order valence-corrected chi connectivity index (χ1v) is 7.80. The molecule has 1 aromatic heterocycles. The van der Waals surface area contributed by atoms with E-state index in [2.05, 4.69) is 17.0 Å². The number of aromatic nitrogens is 2. The molecule has 0 saturated carbocycles. The fraction of sp³-hybridized carbons (Fsp3) is 0.412. The highest BCUT2D eigenvalue weighted by Crippen LogP contribution is 2.27. The zero-order chi connectivity index (χ0) is 16.7. The average Bonchev–Trinajstić information content (AvgIpc) is 2.87. The third-order valence-electron chi connectivity index (χ3n) is 3.36. The number of imidazole rings is 1. The van der Waals surface area contributed by atoms with Crippen LogP contribution in [-0.2, 0) is 0 Å². The number of hydrogen-bond donors (Lipinski definition) is 1. The van der Waals surface area contributed by atoms with Crippen LogP contribution < -0.4 is 15.2 Å². The topological polar surface area (TPSA) is 74.7 Å². The van der Waals surface area contributed by atoms with E-state index < -0.39 is 0 Å². The molecule has 0 saturated heterocycles. The maximum absolute atomic E-state index is 5.82. The first-order valence-electron chi connectivity index (χ1n) is 7.80. The third-order valence-corrected chi connectivity index (χ3v) is 3.36. The van der Waals surface area contributed by atoms with Gasteiger partial charge in [0.25, 0.3) is 0 Å². The summed E-state index contributed by atoms with van der Waals surface area (Å²) in [6, 6.07) is 5.70. The second kappa shape index (κ2) is 8.22. The molecule has 2 rings (SSSR count). The van der Waals surface area contributed by atoms with Crippen molar-refractivity contribution in [1.29, 1.82) is 0 Å². The van der Waals surface area contributed by atoms with Crippen molar-refractivity contribution in [1.82, 2.24) is 9.66 Å². The molecule has 0 atom stereocenters. The van der Waals surface area contributed by atoms with Gasteiger partial charge in [-0.3, -0.25) is 0 Å². The number of anilines is 1. The lowest BCUT2D eigenvalue weighted by molar-refractivity contribution is 0.286. The molecule has 0 aliphatic heterocycles. The fourth-order valence-electron chi connectivity index (χ4n) is 2.15. The number of nitrogens with zero attached hydrogens (tertiary/aromatic N) is 3. The van der Waals surface area contributed by atoms with Crippen molar-refractivity contribution in [2.75, 3.05) is 19.5 Å². The number of benzene rings is 1. The van der Waals surface area contributed by atoms with Crippen molar-refractivity contribution in [2.24, 2.45) is 5.10 Å². The summed E-state index contributed by atoms with van der Waals surface area (Å²) in [5, 5.41) is 4.31. The molecule has 1 heterocycles. The summed E-state index contributed by atoms with van der Waals surface area (Å²) in [5.41, 5.74) is 7.50. The van der Waals surface area contributed by atoms with Crippen LogP contribution >= 0.6 is 0 Å². The Labute approximate surface area is 136 Å². The van der Waals surface area contributed by atoms with Gasteiger partial charge in [-0.25, -0.2) is 9.66 Å². The predicted octanol–water partition coefficient (Wildman–Crippen LogP) is 3.23. The number of rotatable bonds is 8. The van der Waals surface area contributed by atoms with Gasteiger partial charge in [0.15, 0.2) is 11.5 Å². The standard InChI is InChI=1S/C17H24N4O2/c1-4-5-6-9-23-16-10-14(7-8-15(16)22-3)11-19-21-12-13(2)20-17(21)18/h7-8,10-12H,4-6,9H2,1-3H3,(H2,18,20). The van der Waals surface area contributed by atoms with Crippen LogP contribution in [-0.4, -0.2) is 29.6 Å². The van der Waals surface area contributed by atoms with E-state index in [1.54, 1.807) is 24.2 Å². The van der Waals surface area contributed by atoms with Crippen LogP contribution in [0.4, 0.5) is 5.95 Å². The van der Waals surface area contributed by atoms with Gasteiger partial charge in [0.05, 0.1) is 31.8 Å². The molecule has 1 aromatic carbocycles. The molecule has 0 amide bonds. The molecule has 23 heavy (non-hydrogen) atoms. The molecule has 0 aliphatic carbocycles. The van der Waals surface area contributed by atoms with Gasteiger partial charge in [0.2, 0.25) is 5.95 Å². The minimum Gasteiger partial charge on any atom is -0.493 e. The molecule has 0 aliphatic rings. The minimum atomic E-state index is 0.364. The number of ether oxygens (including phenoxy) is 2. The predicted molar refractivity (Wildman–Crippen MR) is 92.4 cm³/mol. The first kappa shape index (κ1) is 16.9. The largest absolute Gasteiger partial charge is 0.493 e. The van der Waals surface area contributed by atoms with Crippen LogP contribution in [0.3, 0.4) is 0 Å². The Morgan fingerprint density at radius 2 is 2.13 bits per heavy atom. The van der Waals surface area contributed by atoms with Gasteiger partial charge < -0.3 is 15.2 Å². The number of nitrogens with two attached hydrogens (primary N) is 1. The minimum absolute atomic E-state index is 0.364. The summed E-state index contributed by atoms with van der Waals surface area (Å²) in [6.07, 6.45) is 6.85. The van der Waals surface area contributed by atoms with Crippen molar-refractivity contribution >= 4 is 12.2 Å². The van der Waals surface area contributed by atoms with Crippen molar-refractivity contribution in [3.05, 3.63) is 35.7 Å². The second-order valence-electron chi connectivity index (χ2n) is 5.30. The highest BCUT2D eigenvalue weighted by atomic mass is 16.5. The quantitative estimate of drug-likeness (QED) is 0.599. The number of hydrogen-bond acceptors (Lipinski definition) is 5. The van der Waals surface area contributed by atoms with E-state index in [-0.39, 0.29) is 0 Å². The normalized spacial score (nSPS) is 11.1. The lowest BCUT2D eigenvalue weighted by Crippen LogP contribution is -2.00. The molecule has 6 nitrogen and oxygen atoms in total. The van der Waals surface area contributed by atoms with E-state index in [0.717, 1.165) is 35.6 Å². The Morgan fingerprint density at radius 1 is 1.30 bits per heavy atom. The summed E-state index contributed by atoms with van der Waals surface area (Å²) < 4.78 is 12.7. The molecular formula is C17H24N4O2. The van der Waals surface area contributed by atoms with E-state index in [0.29, 0.717) is 12.6 Å². The SMILES string of the molecule is CCCCCOc1cc(C=Nn2cc(C)nc2N)ccc1OC. The molecule has 0 fully saturated rings. The van der Waals surface area contributed by atoms with Gasteiger partial charge in [-0.15, -0.1) is 0 Å². The van der Waals surface area contributed by atoms with E-state index in [4.69, 9.17) is 15.2 Å². The summed E-state index contributed by atoms with van der Waals surface area (Å²) in [4.78, 5) is 4.11. The lowest BCUT2D eigenvalue weighted by atomic mass is 10.2. The maximum atomic E-state index is 5.82. The summed E-state index contributed by atoms with van der Waals surface area (Å²) >= 11 is 0. The van der Waals surface area contributed by atoms with Gasteiger partial charge in [0.1, 0.15) is 0 Å². The van der Waals surface area contributed by atoms with Gasteiger partial charge in [-0.2, -0.15) is 5.10 Å². The van der Waals surface area contributed by atoms with Crippen LogP contribution in [0.1, 0.15) is 37.4 Å². The average molecular weight is 316 g/mol. The van der Waals surface area contributed by atoms with Crippen molar-refractivity contribution in [3.8, 4) is 11.5 Å². The number of nitrogen functional groups attached to an aromatic ring is 1. The van der Waals surface area contributed by atoms with Crippen molar-refractivity contribution in [2.45, 2.75) is 33.1 Å². The summed E-state index contributed by atoms with van der Waals surface area (Å²) in [6.45, 7) is 4.72. The van der Waals surface area contributed by atoms with Crippen LogP contribution in [0, 0.1) is 6.92 Å². The third kappa shape index (κ3) is 4.74. The smallest absolute Gasteiger partial charge is 0.221 e. The Bertz CT molecular complexity index is 665. The lowest BCUT2D eigenvalue weighted by Gasteiger charge is -2.11. The number of methoxy groups -OCH3 is 1. The highest BCUT2D eigenvalue weighted by molar-refractivity contribution is 5.81. The van der Waals surface area contributed by atoms with Crippen LogP contribution in [0.25, 0.3) is 0 Å². The Balaban J connectivity index is 2.11. The Kier molecular flexibility index (Phi) is 6.02. The molecule has 0 unspecified atom stereocenters. The number of aryl methyl sites for hydroxylation is 1. The molecule has 124 valence electrons. The second-order valence-corrected chi connectivity index (χ2v) is 5.30.